The Bertz CT molecular complexity index is 1110. The van der Waals surface area contributed by atoms with Crippen LogP contribution in [0.4, 0.5) is 10.7 Å². The molecule has 0 saturated carbocycles. The first-order chi connectivity index (χ1) is 15.5. The van der Waals surface area contributed by atoms with E-state index in [1.807, 2.05) is 42.1 Å². The normalized spacial score (nSPS) is 13.2. The van der Waals surface area contributed by atoms with Gasteiger partial charge in [0, 0.05) is 16.1 Å². The van der Waals surface area contributed by atoms with E-state index >= 15 is 0 Å². The summed E-state index contributed by atoms with van der Waals surface area (Å²) in [4.78, 5) is 14.0. The summed E-state index contributed by atoms with van der Waals surface area (Å²) in [6.07, 6.45) is 8.92. The summed E-state index contributed by atoms with van der Waals surface area (Å²) in [6, 6.07) is 7.67. The van der Waals surface area contributed by atoms with Crippen LogP contribution >= 0.6 is 35.2 Å². The van der Waals surface area contributed by atoms with Crippen molar-refractivity contribution in [2.45, 2.75) is 45.6 Å². The number of fused-ring (bicyclic) bond motifs is 1. The van der Waals surface area contributed by atoms with Gasteiger partial charge in [0.25, 0.3) is 0 Å². The van der Waals surface area contributed by atoms with Crippen molar-refractivity contribution in [1.29, 1.82) is 0 Å². The van der Waals surface area contributed by atoms with Crippen LogP contribution in [-0.4, -0.2) is 27.5 Å². The lowest BCUT2D eigenvalue weighted by Crippen LogP contribution is -2.20. The van der Waals surface area contributed by atoms with Crippen LogP contribution in [0.3, 0.4) is 0 Å². The lowest BCUT2D eigenvalue weighted by Gasteiger charge is -2.10. The summed E-state index contributed by atoms with van der Waals surface area (Å²) in [5.74, 6) is -0.284. The molecule has 0 atom stereocenters. The van der Waals surface area contributed by atoms with E-state index in [4.69, 9.17) is 28.6 Å². The molecule has 9 heteroatoms. The SMILES string of the molecule is CCOC(=O)c1c(NC(=S)Nc2cnn(Cc3ccc(Cl)cc3)c2)sc2c1CCCCC2. The molecule has 2 heterocycles. The summed E-state index contributed by atoms with van der Waals surface area (Å²) in [5.41, 5.74) is 3.62. The van der Waals surface area contributed by atoms with Gasteiger partial charge in [-0.2, -0.15) is 5.10 Å². The Balaban J connectivity index is 1.45. The number of anilines is 2. The predicted molar refractivity (Wildman–Crippen MR) is 134 cm³/mol. The fourth-order valence-corrected chi connectivity index (χ4v) is 5.50. The van der Waals surface area contributed by atoms with Gasteiger partial charge >= 0.3 is 5.97 Å². The molecule has 0 fully saturated rings. The number of aromatic nitrogens is 2. The quantitative estimate of drug-likeness (QED) is 0.256. The van der Waals surface area contributed by atoms with Gasteiger partial charge in [-0.15, -0.1) is 11.3 Å². The van der Waals surface area contributed by atoms with E-state index in [-0.39, 0.29) is 5.97 Å². The zero-order valence-corrected chi connectivity index (χ0v) is 20.2. The minimum absolute atomic E-state index is 0.284. The van der Waals surface area contributed by atoms with E-state index in [0.29, 0.717) is 28.9 Å². The fourth-order valence-electron chi connectivity index (χ4n) is 3.81. The van der Waals surface area contributed by atoms with Crippen LogP contribution in [0, 0.1) is 0 Å². The van der Waals surface area contributed by atoms with Crippen molar-refractivity contribution in [3.8, 4) is 0 Å². The van der Waals surface area contributed by atoms with Crippen molar-refractivity contribution < 1.29 is 9.53 Å². The number of aryl methyl sites for hydroxylation is 1. The molecule has 0 spiro atoms. The average Bonchev–Trinajstić information content (AvgIpc) is 3.26. The van der Waals surface area contributed by atoms with Gasteiger partial charge in [0.15, 0.2) is 5.11 Å². The number of halogens is 1. The smallest absolute Gasteiger partial charge is 0.341 e. The molecule has 0 aliphatic heterocycles. The monoisotopic (exact) mass is 488 g/mol. The van der Waals surface area contributed by atoms with Crippen LogP contribution < -0.4 is 10.6 Å². The predicted octanol–water partition coefficient (Wildman–Crippen LogP) is 5.90. The number of carbonyl (C=O) groups is 1. The van der Waals surface area contributed by atoms with Gasteiger partial charge in [-0.3, -0.25) is 4.68 Å². The van der Waals surface area contributed by atoms with Gasteiger partial charge in [-0.05, 0) is 68.1 Å². The molecule has 1 aliphatic carbocycles. The molecule has 2 aromatic heterocycles. The maximum atomic E-state index is 12.7. The van der Waals surface area contributed by atoms with Crippen LogP contribution in [-0.2, 0) is 24.1 Å². The minimum atomic E-state index is -0.284. The van der Waals surface area contributed by atoms with E-state index < -0.39 is 0 Å². The van der Waals surface area contributed by atoms with E-state index in [1.54, 1.807) is 17.5 Å². The largest absolute Gasteiger partial charge is 0.462 e. The van der Waals surface area contributed by atoms with E-state index in [1.165, 1.54) is 11.3 Å². The number of benzene rings is 1. The standard InChI is InChI=1S/C23H25ClN4O2S2/c1-2-30-22(29)20-18-6-4-3-5-7-19(18)32-21(20)27-23(31)26-17-12-25-28(14-17)13-15-8-10-16(24)11-9-15/h8-12,14H,2-7,13H2,1H3,(H2,26,27,31). The second-order valence-electron chi connectivity index (χ2n) is 7.62. The highest BCUT2D eigenvalue weighted by atomic mass is 35.5. The van der Waals surface area contributed by atoms with E-state index in [9.17, 15) is 4.79 Å². The summed E-state index contributed by atoms with van der Waals surface area (Å²) in [7, 11) is 0. The number of thiophene rings is 1. The van der Waals surface area contributed by atoms with Crippen LogP contribution in [0.1, 0.15) is 52.5 Å². The van der Waals surface area contributed by atoms with Gasteiger partial charge in [-0.1, -0.05) is 30.2 Å². The van der Waals surface area contributed by atoms with Crippen molar-refractivity contribution in [1.82, 2.24) is 9.78 Å². The first kappa shape index (κ1) is 22.8. The Morgan fingerprint density at radius 3 is 2.78 bits per heavy atom. The van der Waals surface area contributed by atoms with Crippen molar-refractivity contribution in [2.75, 3.05) is 17.2 Å². The summed E-state index contributed by atoms with van der Waals surface area (Å²) in [5, 5.41) is 12.7. The molecule has 0 unspecified atom stereocenters. The van der Waals surface area contributed by atoms with Gasteiger partial charge in [0.2, 0.25) is 0 Å². The van der Waals surface area contributed by atoms with Gasteiger partial charge in [0.05, 0.1) is 30.6 Å². The lowest BCUT2D eigenvalue weighted by molar-refractivity contribution is 0.0527. The highest BCUT2D eigenvalue weighted by Gasteiger charge is 2.26. The first-order valence-corrected chi connectivity index (χ1v) is 12.3. The molecule has 1 aromatic carbocycles. The number of rotatable bonds is 6. The number of hydrogen-bond donors (Lipinski definition) is 2. The second-order valence-corrected chi connectivity index (χ2v) is 9.57. The third-order valence-corrected chi connectivity index (χ3v) is 6.94. The number of carbonyl (C=O) groups excluding carboxylic acids is 1. The molecule has 0 bridgehead atoms. The van der Waals surface area contributed by atoms with Crippen molar-refractivity contribution in [3.05, 3.63) is 63.2 Å². The summed E-state index contributed by atoms with van der Waals surface area (Å²) in [6.45, 7) is 2.80. The van der Waals surface area contributed by atoms with Crippen LogP contribution in [0.5, 0.6) is 0 Å². The lowest BCUT2D eigenvalue weighted by atomic mass is 10.1. The highest BCUT2D eigenvalue weighted by Crippen LogP contribution is 2.38. The molecule has 1 aliphatic rings. The van der Waals surface area contributed by atoms with Gasteiger partial charge in [-0.25, -0.2) is 4.79 Å². The molecule has 32 heavy (non-hydrogen) atoms. The third-order valence-electron chi connectivity index (χ3n) is 5.28. The molecule has 6 nitrogen and oxygen atoms in total. The molecule has 0 saturated heterocycles. The van der Waals surface area contributed by atoms with Crippen molar-refractivity contribution in [3.63, 3.8) is 0 Å². The number of hydrogen-bond acceptors (Lipinski definition) is 5. The Labute approximate surface area is 201 Å². The molecule has 4 rings (SSSR count). The van der Waals surface area contributed by atoms with Crippen molar-refractivity contribution in [2.24, 2.45) is 0 Å². The van der Waals surface area contributed by atoms with E-state index in [2.05, 4.69) is 15.7 Å². The Kier molecular flexibility index (Phi) is 7.44. The molecule has 168 valence electrons. The third kappa shape index (κ3) is 5.49. The number of ether oxygens (including phenoxy) is 1. The van der Waals surface area contributed by atoms with Crippen LogP contribution in [0.25, 0.3) is 0 Å². The van der Waals surface area contributed by atoms with Crippen LogP contribution in [0.2, 0.25) is 5.02 Å². The summed E-state index contributed by atoms with van der Waals surface area (Å²) < 4.78 is 7.17. The molecular formula is C23H25ClN4O2S2. The van der Waals surface area contributed by atoms with E-state index in [0.717, 1.165) is 47.5 Å². The minimum Gasteiger partial charge on any atom is -0.462 e. The Morgan fingerprint density at radius 1 is 1.22 bits per heavy atom. The topological polar surface area (TPSA) is 68.2 Å². The molecular weight excluding hydrogens is 464 g/mol. The molecule has 2 N–H and O–H groups in total. The zero-order valence-electron chi connectivity index (χ0n) is 17.8. The molecule has 0 radical (unpaired) electrons. The number of nitrogens with one attached hydrogen (secondary N) is 2. The highest BCUT2D eigenvalue weighted by molar-refractivity contribution is 7.80. The maximum absolute atomic E-state index is 12.7. The second kappa shape index (κ2) is 10.5. The maximum Gasteiger partial charge on any atom is 0.341 e. The Hall–Kier alpha value is -2.42. The van der Waals surface area contributed by atoms with Crippen LogP contribution in [0.15, 0.2) is 36.7 Å². The van der Waals surface area contributed by atoms with Crippen molar-refractivity contribution >= 4 is 56.9 Å². The van der Waals surface area contributed by atoms with Gasteiger partial charge < -0.3 is 15.4 Å². The molecule has 0 amide bonds. The number of nitrogens with zero attached hydrogens (tertiary/aromatic N) is 2. The summed E-state index contributed by atoms with van der Waals surface area (Å²) >= 11 is 13.1. The first-order valence-electron chi connectivity index (χ1n) is 10.7. The van der Waals surface area contributed by atoms with Gasteiger partial charge in [0.1, 0.15) is 5.00 Å². The molecule has 3 aromatic rings. The number of esters is 1. The Morgan fingerprint density at radius 2 is 2.00 bits per heavy atom. The number of thiocarbonyl (C=S) groups is 1. The zero-order chi connectivity index (χ0) is 22.5. The average molecular weight is 489 g/mol. The fraction of sp³-hybridized carbons (Fsp3) is 0.348.